The highest BCUT2D eigenvalue weighted by Gasteiger charge is 2.34. The highest BCUT2D eigenvalue weighted by Crippen LogP contribution is 2.19. The van der Waals surface area contributed by atoms with E-state index in [1.54, 1.807) is 31.2 Å². The molecule has 1 N–H and O–H groups in total. The second kappa shape index (κ2) is 9.92. The SMILES string of the molecule is CCN(C(=O)COC(=O)c1ccc(S(=O)(=O)Nc2ccc(C)cc2)cc1)C1CCS(=O)(=O)C1. The Labute approximate surface area is 193 Å². The molecule has 0 aromatic heterocycles. The van der Waals surface area contributed by atoms with E-state index in [9.17, 15) is 26.4 Å². The number of likely N-dealkylation sites (N-methyl/N-ethyl adjacent to an activating group) is 1. The highest BCUT2D eigenvalue weighted by atomic mass is 32.2. The molecule has 11 heteroatoms. The average Bonchev–Trinajstić information content (AvgIpc) is 3.13. The minimum Gasteiger partial charge on any atom is -0.452 e. The van der Waals surface area contributed by atoms with E-state index in [2.05, 4.69) is 4.72 Å². The van der Waals surface area contributed by atoms with Crippen molar-refractivity contribution in [3.05, 3.63) is 59.7 Å². The Hall–Kier alpha value is -2.92. The lowest BCUT2D eigenvalue weighted by atomic mass is 10.2. The molecule has 9 nitrogen and oxygen atoms in total. The predicted molar refractivity (Wildman–Crippen MR) is 123 cm³/mol. The number of hydrogen-bond acceptors (Lipinski definition) is 7. The van der Waals surface area contributed by atoms with Gasteiger partial charge < -0.3 is 9.64 Å². The summed E-state index contributed by atoms with van der Waals surface area (Å²) in [6.07, 6.45) is 0.364. The number of carbonyl (C=O) groups excluding carboxylic acids is 2. The number of rotatable bonds is 8. The third-order valence-electron chi connectivity index (χ3n) is 5.34. The molecule has 0 radical (unpaired) electrons. The van der Waals surface area contributed by atoms with E-state index >= 15 is 0 Å². The van der Waals surface area contributed by atoms with E-state index in [4.69, 9.17) is 4.74 Å². The summed E-state index contributed by atoms with van der Waals surface area (Å²) in [5.74, 6) is -1.31. The number of nitrogens with zero attached hydrogens (tertiary/aromatic N) is 1. The summed E-state index contributed by atoms with van der Waals surface area (Å²) in [7, 11) is -6.99. The topological polar surface area (TPSA) is 127 Å². The largest absolute Gasteiger partial charge is 0.452 e. The van der Waals surface area contributed by atoms with Gasteiger partial charge in [0, 0.05) is 18.3 Å². The number of anilines is 1. The minimum atomic E-state index is -3.84. The maximum Gasteiger partial charge on any atom is 0.338 e. The fraction of sp³-hybridized carbons (Fsp3) is 0.364. The maximum absolute atomic E-state index is 12.5. The van der Waals surface area contributed by atoms with Gasteiger partial charge in [0.05, 0.1) is 22.0 Å². The van der Waals surface area contributed by atoms with Crippen LogP contribution < -0.4 is 4.72 Å². The smallest absolute Gasteiger partial charge is 0.338 e. The molecule has 33 heavy (non-hydrogen) atoms. The molecule has 0 aliphatic carbocycles. The first-order chi connectivity index (χ1) is 15.5. The van der Waals surface area contributed by atoms with Gasteiger partial charge in [-0.2, -0.15) is 0 Å². The third-order valence-corrected chi connectivity index (χ3v) is 8.49. The molecule has 1 saturated heterocycles. The number of carbonyl (C=O) groups is 2. The van der Waals surface area contributed by atoms with Gasteiger partial charge in [-0.15, -0.1) is 0 Å². The summed E-state index contributed by atoms with van der Waals surface area (Å²) >= 11 is 0. The van der Waals surface area contributed by atoms with Crippen molar-refractivity contribution in [3.63, 3.8) is 0 Å². The molecule has 1 aliphatic heterocycles. The zero-order valence-electron chi connectivity index (χ0n) is 18.4. The molecular weight excluding hydrogens is 468 g/mol. The molecule has 1 amide bonds. The van der Waals surface area contributed by atoms with Crippen LogP contribution in [0.25, 0.3) is 0 Å². The van der Waals surface area contributed by atoms with Crippen LogP contribution in [-0.4, -0.2) is 64.3 Å². The number of sulfone groups is 1. The van der Waals surface area contributed by atoms with Crippen LogP contribution in [0, 0.1) is 6.92 Å². The van der Waals surface area contributed by atoms with Crippen molar-refractivity contribution in [1.29, 1.82) is 0 Å². The van der Waals surface area contributed by atoms with E-state index in [1.165, 1.54) is 29.2 Å². The number of hydrogen-bond donors (Lipinski definition) is 1. The highest BCUT2D eigenvalue weighted by molar-refractivity contribution is 7.92. The molecule has 0 spiro atoms. The summed E-state index contributed by atoms with van der Waals surface area (Å²) < 4.78 is 56.0. The monoisotopic (exact) mass is 494 g/mol. The van der Waals surface area contributed by atoms with Crippen molar-refractivity contribution in [2.24, 2.45) is 0 Å². The normalized spacial score (nSPS) is 17.3. The molecule has 1 unspecified atom stereocenters. The first-order valence-corrected chi connectivity index (χ1v) is 13.7. The lowest BCUT2D eigenvalue weighted by Gasteiger charge is -2.26. The van der Waals surface area contributed by atoms with Gasteiger partial charge in [-0.05, 0) is 56.7 Å². The van der Waals surface area contributed by atoms with Crippen LogP contribution in [0.5, 0.6) is 0 Å². The lowest BCUT2D eigenvalue weighted by Crippen LogP contribution is -2.43. The molecule has 2 aromatic rings. The Morgan fingerprint density at radius 2 is 1.73 bits per heavy atom. The lowest BCUT2D eigenvalue weighted by molar-refractivity contribution is -0.136. The summed E-state index contributed by atoms with van der Waals surface area (Å²) in [6.45, 7) is 3.40. The second-order valence-corrected chi connectivity index (χ2v) is 11.7. The molecule has 178 valence electrons. The van der Waals surface area contributed by atoms with Crippen molar-refractivity contribution in [2.45, 2.75) is 31.2 Å². The predicted octanol–water partition coefficient (Wildman–Crippen LogP) is 1.99. The molecular formula is C22H26N2O7S2. The Bertz CT molecular complexity index is 1220. The van der Waals surface area contributed by atoms with E-state index in [0.29, 0.717) is 18.7 Å². The van der Waals surface area contributed by atoms with Crippen LogP contribution in [0.15, 0.2) is 53.4 Å². The van der Waals surface area contributed by atoms with E-state index < -0.39 is 44.4 Å². The fourth-order valence-corrected chi connectivity index (χ4v) is 6.35. The van der Waals surface area contributed by atoms with Crippen molar-refractivity contribution < 1.29 is 31.2 Å². The molecule has 1 aliphatic rings. The molecule has 3 rings (SSSR count). The molecule has 1 atom stereocenters. The number of aryl methyl sites for hydroxylation is 1. The van der Waals surface area contributed by atoms with Crippen LogP contribution in [0.4, 0.5) is 5.69 Å². The number of nitrogens with one attached hydrogen (secondary N) is 1. The van der Waals surface area contributed by atoms with Crippen LogP contribution in [0.2, 0.25) is 0 Å². The zero-order chi connectivity index (χ0) is 24.2. The van der Waals surface area contributed by atoms with Crippen LogP contribution in [0.1, 0.15) is 29.3 Å². The van der Waals surface area contributed by atoms with Gasteiger partial charge in [0.25, 0.3) is 15.9 Å². The summed E-state index contributed by atoms with van der Waals surface area (Å²) in [4.78, 5) is 26.1. The van der Waals surface area contributed by atoms with Gasteiger partial charge in [0.1, 0.15) is 0 Å². The molecule has 1 heterocycles. The second-order valence-electron chi connectivity index (χ2n) is 7.81. The van der Waals surface area contributed by atoms with Crippen molar-refractivity contribution in [2.75, 3.05) is 29.4 Å². The maximum atomic E-state index is 12.5. The van der Waals surface area contributed by atoms with E-state index in [0.717, 1.165) is 5.56 Å². The first kappa shape index (κ1) is 24.7. The molecule has 2 aromatic carbocycles. The van der Waals surface area contributed by atoms with Gasteiger partial charge in [-0.25, -0.2) is 21.6 Å². The van der Waals surface area contributed by atoms with Gasteiger partial charge in [0.15, 0.2) is 16.4 Å². The average molecular weight is 495 g/mol. The van der Waals surface area contributed by atoms with Crippen LogP contribution in [0.3, 0.4) is 0 Å². The van der Waals surface area contributed by atoms with Gasteiger partial charge >= 0.3 is 5.97 Å². The summed E-state index contributed by atoms with van der Waals surface area (Å²) in [6, 6.07) is 11.6. The van der Waals surface area contributed by atoms with Crippen molar-refractivity contribution in [1.82, 2.24) is 4.90 Å². The first-order valence-electron chi connectivity index (χ1n) is 10.4. The van der Waals surface area contributed by atoms with Gasteiger partial charge in [-0.3, -0.25) is 9.52 Å². The molecule has 0 bridgehead atoms. The number of sulfonamides is 1. The van der Waals surface area contributed by atoms with Gasteiger partial charge in [-0.1, -0.05) is 17.7 Å². The standard InChI is InChI=1S/C22H26N2O7S2/c1-3-24(19-12-13-32(27,28)15-19)21(25)14-31-22(26)17-6-10-20(11-7-17)33(29,30)23-18-8-4-16(2)5-9-18/h4-11,19,23H,3,12-15H2,1-2H3. The summed E-state index contributed by atoms with van der Waals surface area (Å²) in [5, 5.41) is 0. The minimum absolute atomic E-state index is 0.0321. The fourth-order valence-electron chi connectivity index (χ4n) is 3.56. The Morgan fingerprint density at radius 3 is 2.27 bits per heavy atom. The molecule has 1 fully saturated rings. The quantitative estimate of drug-likeness (QED) is 0.556. The van der Waals surface area contributed by atoms with Crippen molar-refractivity contribution >= 4 is 37.4 Å². The summed E-state index contributed by atoms with van der Waals surface area (Å²) in [5.41, 5.74) is 1.50. The Kier molecular flexibility index (Phi) is 7.43. The zero-order valence-corrected chi connectivity index (χ0v) is 20.0. The molecule has 0 saturated carbocycles. The van der Waals surface area contributed by atoms with Crippen molar-refractivity contribution in [3.8, 4) is 0 Å². The Balaban J connectivity index is 1.59. The van der Waals surface area contributed by atoms with Crippen LogP contribution in [-0.2, 0) is 29.4 Å². The van der Waals surface area contributed by atoms with E-state index in [1.807, 2.05) is 6.92 Å². The van der Waals surface area contributed by atoms with Crippen LogP contribution >= 0.6 is 0 Å². The van der Waals surface area contributed by atoms with Gasteiger partial charge in [0.2, 0.25) is 0 Å². The number of amides is 1. The van der Waals surface area contributed by atoms with E-state index in [-0.39, 0.29) is 22.0 Å². The number of benzene rings is 2. The Morgan fingerprint density at radius 1 is 1.09 bits per heavy atom. The number of ether oxygens (including phenoxy) is 1. The third kappa shape index (κ3) is 6.32. The number of esters is 1.